The third kappa shape index (κ3) is 5.27. The summed E-state index contributed by atoms with van der Waals surface area (Å²) < 4.78 is 7.63. The molecule has 1 aromatic heterocycles. The Bertz CT molecular complexity index is 1260. The van der Waals surface area contributed by atoms with Crippen LogP contribution < -0.4 is 15.4 Å². The van der Waals surface area contributed by atoms with Crippen LogP contribution in [-0.2, 0) is 13.7 Å². The van der Waals surface area contributed by atoms with Gasteiger partial charge in [0.15, 0.2) is 0 Å². The van der Waals surface area contributed by atoms with E-state index in [0.717, 1.165) is 11.4 Å². The van der Waals surface area contributed by atoms with E-state index in [1.54, 1.807) is 60.8 Å². The first-order valence-corrected chi connectivity index (χ1v) is 10.5. The van der Waals surface area contributed by atoms with Gasteiger partial charge in [-0.1, -0.05) is 24.3 Å². The van der Waals surface area contributed by atoms with Crippen LogP contribution in [0, 0.1) is 6.92 Å². The molecule has 0 unspecified atom stereocenters. The molecule has 0 radical (unpaired) electrons. The van der Waals surface area contributed by atoms with Gasteiger partial charge >= 0.3 is 0 Å². The predicted octanol–water partition coefficient (Wildman–Crippen LogP) is 4.81. The van der Waals surface area contributed by atoms with Crippen LogP contribution in [-0.4, -0.2) is 21.4 Å². The summed E-state index contributed by atoms with van der Waals surface area (Å²) in [7, 11) is 1.91. The number of amides is 2. The zero-order valence-electron chi connectivity index (χ0n) is 18.4. The highest BCUT2D eigenvalue weighted by molar-refractivity contribution is 6.07. The average molecular weight is 441 g/mol. The Hall–Kier alpha value is -4.39. The zero-order chi connectivity index (χ0) is 23.2. The highest BCUT2D eigenvalue weighted by atomic mass is 16.5. The molecule has 0 fully saturated rings. The minimum absolute atomic E-state index is 0.205. The number of carbonyl (C=O) groups excluding carboxylic acids is 2. The van der Waals surface area contributed by atoms with Crippen molar-refractivity contribution in [1.29, 1.82) is 0 Å². The van der Waals surface area contributed by atoms with Gasteiger partial charge in [-0.15, -0.1) is 0 Å². The molecule has 7 heteroatoms. The van der Waals surface area contributed by atoms with Gasteiger partial charge in [0.05, 0.1) is 0 Å². The van der Waals surface area contributed by atoms with E-state index < -0.39 is 0 Å². The summed E-state index contributed by atoms with van der Waals surface area (Å²) in [5.41, 5.74) is 3.10. The molecule has 2 amide bonds. The topological polar surface area (TPSA) is 85.2 Å². The van der Waals surface area contributed by atoms with Crippen LogP contribution in [0.25, 0.3) is 0 Å². The summed E-state index contributed by atoms with van der Waals surface area (Å²) in [5, 5.41) is 5.82. The Kier molecular flexibility index (Phi) is 6.50. The Morgan fingerprint density at radius 2 is 1.45 bits per heavy atom. The number of aryl methyl sites for hydroxylation is 1. The van der Waals surface area contributed by atoms with E-state index in [9.17, 15) is 9.59 Å². The number of carbonyl (C=O) groups is 2. The summed E-state index contributed by atoms with van der Waals surface area (Å²) >= 11 is 0. The first kappa shape index (κ1) is 21.8. The average Bonchev–Trinajstić information content (AvgIpc) is 3.25. The van der Waals surface area contributed by atoms with Gasteiger partial charge in [0, 0.05) is 41.9 Å². The summed E-state index contributed by atoms with van der Waals surface area (Å²) in [6.07, 6.45) is 3.58. The molecule has 3 aromatic carbocycles. The summed E-state index contributed by atoms with van der Waals surface area (Å²) in [4.78, 5) is 29.5. The predicted molar refractivity (Wildman–Crippen MR) is 128 cm³/mol. The maximum atomic E-state index is 12.8. The van der Waals surface area contributed by atoms with Gasteiger partial charge in [-0.05, 0) is 61.0 Å². The van der Waals surface area contributed by atoms with E-state index in [2.05, 4.69) is 15.6 Å². The van der Waals surface area contributed by atoms with E-state index in [1.165, 1.54) is 0 Å². The normalized spacial score (nSPS) is 10.5. The minimum Gasteiger partial charge on any atom is -0.486 e. The molecule has 0 bridgehead atoms. The summed E-state index contributed by atoms with van der Waals surface area (Å²) in [6.45, 7) is 2.19. The molecular weight excluding hydrogens is 416 g/mol. The molecule has 0 spiro atoms. The third-order valence-corrected chi connectivity index (χ3v) is 5.27. The van der Waals surface area contributed by atoms with Crippen molar-refractivity contribution in [3.63, 3.8) is 0 Å². The van der Waals surface area contributed by atoms with E-state index in [0.29, 0.717) is 34.9 Å². The molecule has 33 heavy (non-hydrogen) atoms. The molecule has 166 valence electrons. The van der Waals surface area contributed by atoms with Crippen molar-refractivity contribution in [1.82, 2.24) is 9.55 Å². The number of imidazole rings is 1. The van der Waals surface area contributed by atoms with Gasteiger partial charge in [-0.2, -0.15) is 0 Å². The number of ether oxygens (including phenoxy) is 1. The number of anilines is 2. The molecule has 0 aliphatic rings. The number of hydrogen-bond acceptors (Lipinski definition) is 4. The van der Waals surface area contributed by atoms with Gasteiger partial charge in [0.25, 0.3) is 11.8 Å². The van der Waals surface area contributed by atoms with E-state index in [1.807, 2.05) is 42.9 Å². The third-order valence-electron chi connectivity index (χ3n) is 5.27. The fraction of sp³-hybridized carbons (Fsp3) is 0.115. The second kappa shape index (κ2) is 9.82. The molecule has 2 N–H and O–H groups in total. The first-order valence-electron chi connectivity index (χ1n) is 10.5. The monoisotopic (exact) mass is 440 g/mol. The number of aromatic nitrogens is 2. The van der Waals surface area contributed by atoms with Gasteiger partial charge in [-0.3, -0.25) is 9.59 Å². The Morgan fingerprint density at radius 3 is 2.03 bits per heavy atom. The van der Waals surface area contributed by atoms with Gasteiger partial charge in [0.2, 0.25) is 0 Å². The summed E-state index contributed by atoms with van der Waals surface area (Å²) in [6, 6.07) is 21.3. The fourth-order valence-electron chi connectivity index (χ4n) is 3.27. The standard InChI is InChI=1S/C26H24N4O3/c1-18-22(28-25(31)19-7-4-3-5-8-19)9-6-10-23(18)29-26(32)20-11-13-21(14-12-20)33-17-24-27-15-16-30(24)2/h3-16H,17H2,1-2H3,(H,28,31)(H,29,32). The maximum Gasteiger partial charge on any atom is 0.255 e. The van der Waals surface area contributed by atoms with Gasteiger partial charge in [-0.25, -0.2) is 4.98 Å². The minimum atomic E-state index is -0.250. The molecule has 0 saturated carbocycles. The summed E-state index contributed by atoms with van der Waals surface area (Å²) in [5.74, 6) is 1.01. The van der Waals surface area contributed by atoms with Crippen molar-refractivity contribution in [3.05, 3.63) is 108 Å². The molecule has 0 aliphatic heterocycles. The number of benzene rings is 3. The van der Waals surface area contributed by atoms with Crippen LogP contribution in [0.2, 0.25) is 0 Å². The fourth-order valence-corrected chi connectivity index (χ4v) is 3.27. The SMILES string of the molecule is Cc1c(NC(=O)c2ccccc2)cccc1NC(=O)c1ccc(OCc2nccn2C)cc1. The van der Waals surface area contributed by atoms with E-state index >= 15 is 0 Å². The van der Waals surface area contributed by atoms with Crippen LogP contribution in [0.4, 0.5) is 11.4 Å². The highest BCUT2D eigenvalue weighted by Crippen LogP contribution is 2.25. The number of nitrogens with zero attached hydrogens (tertiary/aromatic N) is 2. The Balaban J connectivity index is 1.40. The Labute approximate surface area is 192 Å². The second-order valence-electron chi connectivity index (χ2n) is 7.52. The van der Waals surface area contributed by atoms with Gasteiger partial charge < -0.3 is 19.9 Å². The van der Waals surface area contributed by atoms with Crippen molar-refractivity contribution in [2.75, 3.05) is 10.6 Å². The van der Waals surface area contributed by atoms with Crippen LogP contribution >= 0.6 is 0 Å². The first-order chi connectivity index (χ1) is 16.0. The zero-order valence-corrected chi connectivity index (χ0v) is 18.4. The second-order valence-corrected chi connectivity index (χ2v) is 7.52. The van der Waals surface area contributed by atoms with Crippen LogP contribution in [0.3, 0.4) is 0 Å². The van der Waals surface area contributed by atoms with Crippen molar-refractivity contribution in [2.24, 2.45) is 7.05 Å². The van der Waals surface area contributed by atoms with E-state index in [4.69, 9.17) is 4.74 Å². The molecule has 0 atom stereocenters. The highest BCUT2D eigenvalue weighted by Gasteiger charge is 2.12. The van der Waals surface area contributed by atoms with Crippen molar-refractivity contribution < 1.29 is 14.3 Å². The number of hydrogen-bond donors (Lipinski definition) is 2. The van der Waals surface area contributed by atoms with Crippen molar-refractivity contribution in [3.8, 4) is 5.75 Å². The number of nitrogens with one attached hydrogen (secondary N) is 2. The van der Waals surface area contributed by atoms with Crippen LogP contribution in [0.1, 0.15) is 32.1 Å². The lowest BCUT2D eigenvalue weighted by Crippen LogP contribution is -2.15. The number of rotatable bonds is 7. The molecule has 0 aliphatic carbocycles. The lowest BCUT2D eigenvalue weighted by molar-refractivity contribution is 0.101. The molecule has 4 rings (SSSR count). The molecule has 4 aromatic rings. The smallest absolute Gasteiger partial charge is 0.255 e. The quantitative estimate of drug-likeness (QED) is 0.432. The molecule has 7 nitrogen and oxygen atoms in total. The molecular formula is C26H24N4O3. The maximum absolute atomic E-state index is 12.8. The molecule has 0 saturated heterocycles. The van der Waals surface area contributed by atoms with Crippen molar-refractivity contribution >= 4 is 23.2 Å². The van der Waals surface area contributed by atoms with Gasteiger partial charge in [0.1, 0.15) is 18.2 Å². The van der Waals surface area contributed by atoms with Crippen LogP contribution in [0.5, 0.6) is 5.75 Å². The molecule has 1 heterocycles. The Morgan fingerprint density at radius 1 is 0.848 bits per heavy atom. The lowest BCUT2D eigenvalue weighted by atomic mass is 10.1. The lowest BCUT2D eigenvalue weighted by Gasteiger charge is -2.14. The van der Waals surface area contributed by atoms with Crippen LogP contribution in [0.15, 0.2) is 85.2 Å². The van der Waals surface area contributed by atoms with Crippen molar-refractivity contribution in [2.45, 2.75) is 13.5 Å². The van der Waals surface area contributed by atoms with E-state index in [-0.39, 0.29) is 11.8 Å². The largest absolute Gasteiger partial charge is 0.486 e.